The summed E-state index contributed by atoms with van der Waals surface area (Å²) in [5.41, 5.74) is 3.15. The molecule has 1 N–H and O–H groups in total. The molecule has 40 heavy (non-hydrogen) atoms. The van der Waals surface area contributed by atoms with Gasteiger partial charge >= 0.3 is 5.97 Å². The molecule has 7 nitrogen and oxygen atoms in total. The third-order valence-corrected chi connectivity index (χ3v) is 6.70. The molecular formula is C33H45N3O4. The van der Waals surface area contributed by atoms with Gasteiger partial charge in [-0.25, -0.2) is 4.79 Å². The van der Waals surface area contributed by atoms with E-state index < -0.39 is 5.97 Å². The van der Waals surface area contributed by atoms with Crippen LogP contribution in [0.1, 0.15) is 99.9 Å². The van der Waals surface area contributed by atoms with E-state index in [0.29, 0.717) is 30.0 Å². The van der Waals surface area contributed by atoms with E-state index >= 15 is 0 Å². The molecule has 3 rings (SSSR count). The van der Waals surface area contributed by atoms with Gasteiger partial charge in [-0.1, -0.05) is 85.7 Å². The molecule has 0 saturated heterocycles. The van der Waals surface area contributed by atoms with Crippen LogP contribution in [0.15, 0.2) is 53.7 Å². The van der Waals surface area contributed by atoms with Gasteiger partial charge in [-0.05, 0) is 41.4 Å². The lowest BCUT2D eigenvalue weighted by Crippen LogP contribution is -2.31. The van der Waals surface area contributed by atoms with Crippen molar-refractivity contribution in [3.05, 3.63) is 82.2 Å². The Morgan fingerprint density at radius 2 is 1.55 bits per heavy atom. The predicted molar refractivity (Wildman–Crippen MR) is 159 cm³/mol. The second-order valence-electron chi connectivity index (χ2n) is 12.8. The summed E-state index contributed by atoms with van der Waals surface area (Å²) in [5.74, 6) is -0.0685. The van der Waals surface area contributed by atoms with Crippen molar-refractivity contribution in [1.82, 2.24) is 9.13 Å². The molecule has 1 aromatic heterocycles. The molecule has 216 valence electrons. The van der Waals surface area contributed by atoms with Crippen LogP contribution in [0.5, 0.6) is 5.75 Å². The molecule has 0 atom stereocenters. The zero-order valence-corrected chi connectivity index (χ0v) is 25.5. The van der Waals surface area contributed by atoms with Crippen molar-refractivity contribution in [2.45, 2.75) is 86.2 Å². The van der Waals surface area contributed by atoms with Crippen molar-refractivity contribution in [2.24, 2.45) is 10.9 Å². The second-order valence-corrected chi connectivity index (χ2v) is 12.8. The largest absolute Gasteiger partial charge is 0.507 e. The van der Waals surface area contributed by atoms with Crippen molar-refractivity contribution < 1.29 is 19.4 Å². The van der Waals surface area contributed by atoms with Crippen molar-refractivity contribution in [3.8, 4) is 5.75 Å². The Hall–Kier alpha value is -3.61. The molecule has 1 heterocycles. The topological polar surface area (TPSA) is 85.8 Å². The van der Waals surface area contributed by atoms with E-state index in [9.17, 15) is 14.7 Å². The van der Waals surface area contributed by atoms with Crippen LogP contribution in [0.3, 0.4) is 0 Å². The Morgan fingerprint density at radius 1 is 0.975 bits per heavy atom. The molecular weight excluding hydrogens is 502 g/mol. The Bertz CT molecular complexity index is 1380. The fourth-order valence-electron chi connectivity index (χ4n) is 4.57. The maximum absolute atomic E-state index is 13.9. The fourth-order valence-corrected chi connectivity index (χ4v) is 4.57. The number of aromatic nitrogens is 2. The number of carbonyl (C=O) groups is 2. The Labute approximate surface area is 238 Å². The van der Waals surface area contributed by atoms with Crippen LogP contribution in [0.25, 0.3) is 0 Å². The summed E-state index contributed by atoms with van der Waals surface area (Å²) in [6.45, 7) is 19.2. The quantitative estimate of drug-likeness (QED) is 0.253. The molecule has 0 unspecified atom stereocenters. The summed E-state index contributed by atoms with van der Waals surface area (Å²) in [6.07, 6.45) is 1.67. The number of hydrogen-bond acceptors (Lipinski definition) is 5. The highest BCUT2D eigenvalue weighted by Gasteiger charge is 2.28. The summed E-state index contributed by atoms with van der Waals surface area (Å²) >= 11 is 0. The van der Waals surface area contributed by atoms with Crippen LogP contribution in [0.2, 0.25) is 0 Å². The SMILES string of the molecule is CCOC(=O)c1cn(CC(=O)c2cc(C(C)(C)C)c(O)c(C(C)(C)C)c2)/c(=N/CC(C)C)n1Cc1ccccc1. The molecule has 0 aliphatic rings. The van der Waals surface area contributed by atoms with Gasteiger partial charge < -0.3 is 19.0 Å². The smallest absolute Gasteiger partial charge is 0.356 e. The lowest BCUT2D eigenvalue weighted by molar-refractivity contribution is 0.0513. The fraction of sp³-hybridized carbons (Fsp3) is 0.485. The maximum Gasteiger partial charge on any atom is 0.356 e. The molecule has 0 saturated carbocycles. The molecule has 7 heteroatoms. The number of hydrogen-bond donors (Lipinski definition) is 1. The predicted octanol–water partition coefficient (Wildman–Crippen LogP) is 6.25. The molecule has 0 amide bonds. The van der Waals surface area contributed by atoms with Crippen molar-refractivity contribution >= 4 is 11.8 Å². The molecule has 0 aliphatic heterocycles. The van der Waals surface area contributed by atoms with Gasteiger partial charge in [-0.2, -0.15) is 0 Å². The van der Waals surface area contributed by atoms with E-state index in [1.807, 2.05) is 76.4 Å². The van der Waals surface area contributed by atoms with Gasteiger partial charge in [0.25, 0.3) is 0 Å². The zero-order valence-electron chi connectivity index (χ0n) is 25.5. The number of carbonyl (C=O) groups excluding carboxylic acids is 2. The van der Waals surface area contributed by atoms with Gasteiger partial charge in [0, 0.05) is 29.4 Å². The van der Waals surface area contributed by atoms with E-state index in [2.05, 4.69) is 13.8 Å². The highest BCUT2D eigenvalue weighted by Crippen LogP contribution is 2.39. The monoisotopic (exact) mass is 547 g/mol. The maximum atomic E-state index is 13.9. The average molecular weight is 548 g/mol. The van der Waals surface area contributed by atoms with Crippen molar-refractivity contribution in [2.75, 3.05) is 13.2 Å². The highest BCUT2D eigenvalue weighted by atomic mass is 16.5. The van der Waals surface area contributed by atoms with E-state index in [0.717, 1.165) is 16.7 Å². The van der Waals surface area contributed by atoms with Crippen LogP contribution in [0.4, 0.5) is 0 Å². The number of ketones is 1. The van der Waals surface area contributed by atoms with Crippen molar-refractivity contribution in [1.29, 1.82) is 0 Å². The number of Topliss-reactive ketones (excluding diaryl/α,β-unsaturated/α-hetero) is 1. The van der Waals surface area contributed by atoms with Crippen LogP contribution in [-0.2, 0) is 28.7 Å². The summed E-state index contributed by atoms with van der Waals surface area (Å²) < 4.78 is 8.97. The van der Waals surface area contributed by atoms with Crippen LogP contribution in [-0.4, -0.2) is 39.1 Å². The minimum Gasteiger partial charge on any atom is -0.507 e. The number of nitrogens with zero attached hydrogens (tertiary/aromatic N) is 3. The number of imidazole rings is 1. The first kappa shape index (κ1) is 30.9. The minimum absolute atomic E-state index is 0.0108. The molecule has 0 spiro atoms. The summed E-state index contributed by atoms with van der Waals surface area (Å²) in [6, 6.07) is 13.4. The second kappa shape index (κ2) is 12.3. The lowest BCUT2D eigenvalue weighted by atomic mass is 9.78. The normalized spacial score (nSPS) is 12.7. The lowest BCUT2D eigenvalue weighted by Gasteiger charge is -2.28. The van der Waals surface area contributed by atoms with E-state index in [1.54, 1.807) is 29.8 Å². The summed E-state index contributed by atoms with van der Waals surface area (Å²) in [4.78, 5) is 31.8. The van der Waals surface area contributed by atoms with Crippen LogP contribution >= 0.6 is 0 Å². The molecule has 0 aliphatic carbocycles. The third-order valence-electron chi connectivity index (χ3n) is 6.70. The van der Waals surface area contributed by atoms with Gasteiger partial charge in [0.1, 0.15) is 11.4 Å². The third kappa shape index (κ3) is 7.32. The van der Waals surface area contributed by atoms with Crippen LogP contribution < -0.4 is 5.62 Å². The average Bonchev–Trinajstić information content (AvgIpc) is 3.18. The van der Waals surface area contributed by atoms with Gasteiger partial charge in [0.15, 0.2) is 5.78 Å². The Kier molecular flexibility index (Phi) is 9.49. The summed E-state index contributed by atoms with van der Waals surface area (Å²) in [7, 11) is 0. The van der Waals surface area contributed by atoms with Crippen LogP contribution in [0, 0.1) is 5.92 Å². The number of phenolic OH excluding ortho intramolecular Hbond substituents is 1. The number of phenols is 1. The number of esters is 1. The number of ether oxygens (including phenoxy) is 1. The van der Waals surface area contributed by atoms with E-state index in [1.165, 1.54) is 0 Å². The van der Waals surface area contributed by atoms with Gasteiger partial charge in [0.2, 0.25) is 5.62 Å². The minimum atomic E-state index is -0.458. The van der Waals surface area contributed by atoms with Gasteiger partial charge in [0.05, 0.1) is 19.7 Å². The number of rotatable bonds is 9. The first-order chi connectivity index (χ1) is 18.6. The number of benzene rings is 2. The van der Waals surface area contributed by atoms with E-state index in [4.69, 9.17) is 9.73 Å². The highest BCUT2D eigenvalue weighted by molar-refractivity contribution is 5.97. The van der Waals surface area contributed by atoms with Gasteiger partial charge in [-0.15, -0.1) is 0 Å². The molecule has 0 fully saturated rings. The first-order valence-electron chi connectivity index (χ1n) is 14.1. The molecule has 0 bridgehead atoms. The number of aromatic hydroxyl groups is 1. The molecule has 2 aromatic carbocycles. The van der Waals surface area contributed by atoms with Gasteiger partial charge in [-0.3, -0.25) is 9.79 Å². The molecule has 3 aromatic rings. The zero-order chi connectivity index (χ0) is 29.8. The first-order valence-corrected chi connectivity index (χ1v) is 14.1. The standard InChI is InChI=1S/C33H45N3O4/c1-10-40-30(39)27-20-35(31(34-18-22(2)3)36(27)19-23-14-12-11-13-15-23)21-28(37)24-16-25(32(4,5)6)29(38)26(17-24)33(7,8)9/h11-17,20,22,38H,10,18-19,21H2,1-9H3/b34-31-. The van der Waals surface area contributed by atoms with Crippen molar-refractivity contribution in [3.63, 3.8) is 0 Å². The molecule has 0 radical (unpaired) electrons. The Balaban J connectivity index is 2.19. The summed E-state index contributed by atoms with van der Waals surface area (Å²) in [5, 5.41) is 11.1. The van der Waals surface area contributed by atoms with E-state index in [-0.39, 0.29) is 41.4 Å². The Morgan fingerprint density at radius 3 is 2.05 bits per heavy atom.